The van der Waals surface area contributed by atoms with E-state index < -0.39 is 0 Å². The molecule has 2 rings (SSSR count). The summed E-state index contributed by atoms with van der Waals surface area (Å²) in [5.74, 6) is 0.774. The molecule has 182 valence electrons. The van der Waals surface area contributed by atoms with Gasteiger partial charge in [0, 0.05) is 0 Å². The molecule has 0 amide bonds. The van der Waals surface area contributed by atoms with Crippen LogP contribution in [0.1, 0.15) is 129 Å². The molecule has 3 nitrogen and oxygen atoms in total. The first-order chi connectivity index (χ1) is 15.3. The minimum atomic E-state index is 0.126. The van der Waals surface area contributed by atoms with E-state index in [9.17, 15) is 0 Å². The molecule has 1 aliphatic heterocycles. The second kappa shape index (κ2) is 17.0. The lowest BCUT2D eigenvalue weighted by Crippen LogP contribution is -2.43. The highest BCUT2D eigenvalue weighted by molar-refractivity contribution is 4.91. The van der Waals surface area contributed by atoms with Crippen molar-refractivity contribution in [3.63, 3.8) is 0 Å². The number of hydrogen-bond donors (Lipinski definition) is 0. The zero-order valence-electron chi connectivity index (χ0n) is 20.7. The van der Waals surface area contributed by atoms with Crippen molar-refractivity contribution < 1.29 is 14.2 Å². The molecule has 1 saturated heterocycles. The third-order valence-corrected chi connectivity index (χ3v) is 7.49. The molecule has 0 aromatic carbocycles. The highest BCUT2D eigenvalue weighted by Gasteiger charge is 2.40. The van der Waals surface area contributed by atoms with Crippen LogP contribution in [0.15, 0.2) is 12.8 Å². The highest BCUT2D eigenvalue weighted by Crippen LogP contribution is 2.42. The molecule has 0 N–H and O–H groups in total. The Kier molecular flexibility index (Phi) is 14.7. The van der Waals surface area contributed by atoms with Crippen LogP contribution in [0.2, 0.25) is 0 Å². The third kappa shape index (κ3) is 11.8. The zero-order valence-corrected chi connectivity index (χ0v) is 20.7. The maximum absolute atomic E-state index is 6.84. The van der Waals surface area contributed by atoms with Crippen molar-refractivity contribution in [3.05, 3.63) is 12.8 Å². The number of ether oxygens (including phenoxy) is 3. The molecule has 2 aliphatic rings. The first-order valence-electron chi connectivity index (χ1n) is 13.8. The molecular formula is C28H52O3. The summed E-state index contributed by atoms with van der Waals surface area (Å²) in [6.07, 6.45) is 27.5. The second-order valence-corrected chi connectivity index (χ2v) is 10.1. The fourth-order valence-corrected chi connectivity index (χ4v) is 5.45. The standard InChI is InChI=1S/C28H52O3/c1-3-5-6-10-16-21-28(31-25-27-24-30-27,26-19-14-13-15-20-26)22-17-11-8-7-9-12-18-23-29-4-2/h4,26-27H,2-3,5-25H2,1H3. The van der Waals surface area contributed by atoms with E-state index in [1.165, 1.54) is 116 Å². The summed E-state index contributed by atoms with van der Waals surface area (Å²) >= 11 is 0. The first-order valence-corrected chi connectivity index (χ1v) is 13.8. The molecule has 0 aromatic heterocycles. The summed E-state index contributed by atoms with van der Waals surface area (Å²) in [4.78, 5) is 0. The molecule has 0 radical (unpaired) electrons. The summed E-state index contributed by atoms with van der Waals surface area (Å²) in [6, 6.07) is 0. The van der Waals surface area contributed by atoms with Crippen LogP contribution in [-0.2, 0) is 14.2 Å². The second-order valence-electron chi connectivity index (χ2n) is 10.1. The van der Waals surface area contributed by atoms with Gasteiger partial charge in [0.15, 0.2) is 0 Å². The average molecular weight is 437 g/mol. The Morgan fingerprint density at radius 1 is 0.839 bits per heavy atom. The number of rotatable bonds is 21. The van der Waals surface area contributed by atoms with Gasteiger partial charge < -0.3 is 14.2 Å². The number of unbranched alkanes of at least 4 members (excludes halogenated alkanes) is 10. The van der Waals surface area contributed by atoms with Crippen LogP contribution in [0, 0.1) is 5.92 Å². The lowest BCUT2D eigenvalue weighted by Gasteiger charge is -2.43. The van der Waals surface area contributed by atoms with Crippen molar-refractivity contribution in [2.75, 3.05) is 19.8 Å². The summed E-state index contributed by atoms with van der Waals surface area (Å²) in [7, 11) is 0. The van der Waals surface area contributed by atoms with E-state index in [2.05, 4.69) is 13.5 Å². The molecule has 0 aromatic rings. The van der Waals surface area contributed by atoms with Crippen molar-refractivity contribution in [3.8, 4) is 0 Å². The van der Waals surface area contributed by atoms with Crippen LogP contribution >= 0.6 is 0 Å². The van der Waals surface area contributed by atoms with Crippen LogP contribution in [0.3, 0.4) is 0 Å². The molecule has 0 bridgehead atoms. The SMILES string of the molecule is C=COCCCCCCCCCC(CCCCCCC)(OCC1CO1)C1CCCCC1. The Balaban J connectivity index is 1.77. The van der Waals surface area contributed by atoms with E-state index in [-0.39, 0.29) is 5.60 Å². The molecule has 1 aliphatic carbocycles. The fraction of sp³-hybridized carbons (Fsp3) is 0.929. The van der Waals surface area contributed by atoms with E-state index >= 15 is 0 Å². The van der Waals surface area contributed by atoms with Gasteiger partial charge in [0.2, 0.25) is 0 Å². The first kappa shape index (κ1) is 26.7. The minimum Gasteiger partial charge on any atom is -0.502 e. The van der Waals surface area contributed by atoms with Gasteiger partial charge in [-0.25, -0.2) is 0 Å². The summed E-state index contributed by atoms with van der Waals surface area (Å²) < 4.78 is 17.6. The summed E-state index contributed by atoms with van der Waals surface area (Å²) in [5, 5.41) is 0. The average Bonchev–Trinajstić information content (AvgIpc) is 3.63. The van der Waals surface area contributed by atoms with Crippen molar-refractivity contribution >= 4 is 0 Å². The van der Waals surface area contributed by atoms with Gasteiger partial charge in [-0.15, -0.1) is 0 Å². The largest absolute Gasteiger partial charge is 0.502 e. The van der Waals surface area contributed by atoms with E-state index in [4.69, 9.17) is 14.2 Å². The monoisotopic (exact) mass is 436 g/mol. The van der Waals surface area contributed by atoms with Crippen LogP contribution in [0.25, 0.3) is 0 Å². The van der Waals surface area contributed by atoms with E-state index in [1.54, 1.807) is 6.26 Å². The topological polar surface area (TPSA) is 31.0 Å². The number of epoxide rings is 1. The fourth-order valence-electron chi connectivity index (χ4n) is 5.45. The molecule has 2 fully saturated rings. The molecule has 2 atom stereocenters. The van der Waals surface area contributed by atoms with Crippen molar-refractivity contribution in [2.24, 2.45) is 5.92 Å². The zero-order chi connectivity index (χ0) is 22.0. The molecule has 3 heteroatoms. The maximum atomic E-state index is 6.84. The van der Waals surface area contributed by atoms with Crippen LogP contribution in [-0.4, -0.2) is 31.5 Å². The van der Waals surface area contributed by atoms with Gasteiger partial charge in [0.1, 0.15) is 6.10 Å². The predicted octanol–water partition coefficient (Wildman–Crippen LogP) is 8.36. The Labute approximate surface area is 193 Å². The molecule has 1 saturated carbocycles. The molecule has 31 heavy (non-hydrogen) atoms. The van der Waals surface area contributed by atoms with Crippen molar-refractivity contribution in [1.82, 2.24) is 0 Å². The van der Waals surface area contributed by atoms with E-state index in [1.807, 2.05) is 0 Å². The molecular weight excluding hydrogens is 384 g/mol. The normalized spacial score (nSPS) is 21.0. The van der Waals surface area contributed by atoms with Crippen LogP contribution in [0.5, 0.6) is 0 Å². The van der Waals surface area contributed by atoms with Gasteiger partial charge in [0.25, 0.3) is 0 Å². The Morgan fingerprint density at radius 3 is 2.00 bits per heavy atom. The molecule has 2 unspecified atom stereocenters. The summed E-state index contributed by atoms with van der Waals surface area (Å²) in [6.45, 7) is 8.48. The van der Waals surface area contributed by atoms with E-state index in [0.717, 1.165) is 32.2 Å². The van der Waals surface area contributed by atoms with Crippen molar-refractivity contribution in [2.45, 2.75) is 141 Å². The molecule has 1 heterocycles. The van der Waals surface area contributed by atoms with Gasteiger partial charge in [-0.3, -0.25) is 0 Å². The minimum absolute atomic E-state index is 0.126. The molecule has 0 spiro atoms. The highest BCUT2D eigenvalue weighted by atomic mass is 16.6. The van der Waals surface area contributed by atoms with Crippen LogP contribution < -0.4 is 0 Å². The Hall–Kier alpha value is -0.540. The van der Waals surface area contributed by atoms with Gasteiger partial charge in [-0.05, 0) is 38.0 Å². The Bertz CT molecular complexity index is 428. The van der Waals surface area contributed by atoms with Gasteiger partial charge in [-0.2, -0.15) is 0 Å². The quantitative estimate of drug-likeness (QED) is 0.103. The lowest BCUT2D eigenvalue weighted by atomic mass is 9.71. The van der Waals surface area contributed by atoms with Crippen LogP contribution in [0.4, 0.5) is 0 Å². The smallest absolute Gasteiger partial charge is 0.104 e. The third-order valence-electron chi connectivity index (χ3n) is 7.49. The lowest BCUT2D eigenvalue weighted by molar-refractivity contribution is -0.114. The summed E-state index contributed by atoms with van der Waals surface area (Å²) in [5.41, 5.74) is 0.126. The number of hydrogen-bond acceptors (Lipinski definition) is 3. The van der Waals surface area contributed by atoms with Gasteiger partial charge >= 0.3 is 0 Å². The van der Waals surface area contributed by atoms with Gasteiger partial charge in [0.05, 0.1) is 31.7 Å². The van der Waals surface area contributed by atoms with Crippen molar-refractivity contribution in [1.29, 1.82) is 0 Å². The van der Waals surface area contributed by atoms with E-state index in [0.29, 0.717) is 6.10 Å². The maximum Gasteiger partial charge on any atom is 0.104 e. The van der Waals surface area contributed by atoms with Gasteiger partial charge in [-0.1, -0.05) is 103 Å². The Morgan fingerprint density at radius 2 is 1.42 bits per heavy atom. The predicted molar refractivity (Wildman–Crippen MR) is 131 cm³/mol.